The Bertz CT molecular complexity index is 1820. The largest absolute Gasteiger partial charge is 0.543 e. The Kier molecular flexibility index (Phi) is 7.99. The molecule has 5 rings (SSSR count). The van der Waals surface area contributed by atoms with Crippen LogP contribution in [0.2, 0.25) is 0 Å². The second-order valence-electron chi connectivity index (χ2n) is 9.63. The zero-order valence-electron chi connectivity index (χ0n) is 23.2. The van der Waals surface area contributed by atoms with Gasteiger partial charge in [-0.05, 0) is 6.42 Å². The van der Waals surface area contributed by atoms with Crippen molar-refractivity contribution in [2.45, 2.75) is 37.3 Å². The number of rotatable bonds is 10. The summed E-state index contributed by atoms with van der Waals surface area (Å²) in [6, 6.07) is 1.57. The molecule has 2 aliphatic rings. The lowest BCUT2D eigenvalue weighted by Gasteiger charge is -2.56. The van der Waals surface area contributed by atoms with E-state index in [0.717, 1.165) is 33.4 Å². The smallest absolute Gasteiger partial charge is 0.347 e. The van der Waals surface area contributed by atoms with E-state index in [1.807, 2.05) is 0 Å². The van der Waals surface area contributed by atoms with Crippen molar-refractivity contribution in [1.82, 2.24) is 29.9 Å². The summed E-state index contributed by atoms with van der Waals surface area (Å²) in [6.07, 6.45) is -1.33. The fourth-order valence-electron chi connectivity index (χ4n) is 4.67. The van der Waals surface area contributed by atoms with Gasteiger partial charge in [0.1, 0.15) is 11.1 Å². The highest BCUT2D eigenvalue weighted by molar-refractivity contribution is 8.00. The number of thiazole rings is 1. The van der Waals surface area contributed by atoms with Gasteiger partial charge in [0.2, 0.25) is 11.9 Å². The van der Waals surface area contributed by atoms with Gasteiger partial charge in [0.05, 0.1) is 30.4 Å². The Hall–Kier alpha value is -4.69. The minimum absolute atomic E-state index is 0.00377. The molecule has 3 aromatic rings. The lowest BCUT2D eigenvalue weighted by atomic mass is 9.87. The van der Waals surface area contributed by atoms with Crippen molar-refractivity contribution < 1.29 is 38.7 Å². The summed E-state index contributed by atoms with van der Waals surface area (Å²) in [5.41, 5.74) is 9.55. The van der Waals surface area contributed by atoms with Gasteiger partial charge in [0.25, 0.3) is 23.3 Å². The number of aliphatic carboxylic acids is 2. The number of carboxylic acids is 2. The fraction of sp³-hybridized carbons (Fsp3) is 0.333. The molecule has 3 atom stereocenters. The number of carboxylic acid groups (broad SMARTS) is 2. The van der Waals surface area contributed by atoms with Gasteiger partial charge in [0.15, 0.2) is 22.2 Å². The number of amides is 2. The molecule has 2 amide bonds. The molecule has 17 nitrogen and oxygen atoms in total. The average Bonchev–Trinajstić information content (AvgIpc) is 3.54. The molecular weight excluding hydrogens is 637 g/mol. The third-order valence-corrected chi connectivity index (χ3v) is 9.38. The number of anilines is 2. The molecule has 0 saturated carbocycles. The van der Waals surface area contributed by atoms with Gasteiger partial charge in [-0.15, -0.1) is 23.1 Å². The molecule has 1 unspecified atom stereocenters. The van der Waals surface area contributed by atoms with Crippen LogP contribution in [-0.2, 0) is 31.1 Å². The van der Waals surface area contributed by atoms with Crippen molar-refractivity contribution in [2.24, 2.45) is 12.2 Å². The van der Waals surface area contributed by atoms with Gasteiger partial charge >= 0.3 is 5.97 Å². The first-order chi connectivity index (χ1) is 20.8. The Morgan fingerprint density at radius 3 is 2.73 bits per heavy atom. The minimum Gasteiger partial charge on any atom is -0.543 e. The Morgan fingerprint density at radius 1 is 1.41 bits per heavy atom. The summed E-state index contributed by atoms with van der Waals surface area (Å²) in [5.74, 6) is -4.05. The van der Waals surface area contributed by atoms with Crippen LogP contribution >= 0.6 is 35.3 Å². The quantitative estimate of drug-likeness (QED) is 0.0604. The third-order valence-electron chi connectivity index (χ3n) is 6.98. The van der Waals surface area contributed by atoms with E-state index in [2.05, 4.69) is 25.5 Å². The van der Waals surface area contributed by atoms with Crippen molar-refractivity contribution in [2.75, 3.05) is 17.2 Å². The van der Waals surface area contributed by atoms with E-state index in [1.54, 1.807) is 31.5 Å². The van der Waals surface area contributed by atoms with Gasteiger partial charge in [-0.25, -0.2) is 14.3 Å². The van der Waals surface area contributed by atoms with E-state index in [9.17, 15) is 29.4 Å². The van der Waals surface area contributed by atoms with Crippen LogP contribution in [0.15, 0.2) is 22.3 Å². The Labute approximate surface area is 261 Å². The zero-order valence-corrected chi connectivity index (χ0v) is 25.7. The van der Waals surface area contributed by atoms with Gasteiger partial charge in [0, 0.05) is 23.4 Å². The minimum atomic E-state index is -1.87. The molecule has 1 saturated heterocycles. The molecule has 0 aliphatic carbocycles. The SMILES string of the molecule is CC[C@H](O/N=C(\C(=O)NC1(C=S)C(=O)N2C(C(=O)[O-])=C(c3nc(N)cc4n(C)c(C)n[n+]34)CS[C@H]21)c1csc(N)n1)C(=O)O. The second kappa shape index (κ2) is 11.4. The zero-order chi connectivity index (χ0) is 32.1. The number of thioether (sulfide) groups is 1. The average molecular weight is 661 g/mol. The van der Waals surface area contributed by atoms with Crippen molar-refractivity contribution >= 4 is 92.3 Å². The topological polar surface area (TPSA) is 248 Å². The number of hydrogen-bond donors (Lipinski definition) is 4. The number of fused-ring (bicyclic) bond motifs is 2. The maximum Gasteiger partial charge on any atom is 0.347 e. The number of oxime groups is 1. The molecule has 6 N–H and O–H groups in total. The van der Waals surface area contributed by atoms with E-state index in [4.69, 9.17) is 28.5 Å². The number of hydrogen-bond acceptors (Lipinski definition) is 15. The van der Waals surface area contributed by atoms with Crippen LogP contribution in [0, 0.1) is 6.92 Å². The molecule has 2 aliphatic heterocycles. The summed E-state index contributed by atoms with van der Waals surface area (Å²) >= 11 is 7.28. The maximum absolute atomic E-state index is 13.8. The number of nitrogens with zero attached hydrogens (tertiary/aromatic N) is 7. The van der Waals surface area contributed by atoms with Crippen molar-refractivity contribution in [3.05, 3.63) is 34.5 Å². The van der Waals surface area contributed by atoms with Gasteiger partial charge in [-0.1, -0.05) is 38.9 Å². The summed E-state index contributed by atoms with van der Waals surface area (Å²) in [5, 5.41) is 34.0. The van der Waals surface area contributed by atoms with Gasteiger partial charge in [-0.2, -0.15) is 0 Å². The number of β-lactam (4-membered cyclic amide) rings is 1. The predicted molar refractivity (Wildman–Crippen MR) is 159 cm³/mol. The number of carbonyl (C=O) groups is 4. The summed E-state index contributed by atoms with van der Waals surface area (Å²) in [6.45, 7) is 3.29. The highest BCUT2D eigenvalue weighted by Gasteiger charge is 2.64. The van der Waals surface area contributed by atoms with Crippen molar-refractivity contribution in [3.63, 3.8) is 0 Å². The number of nitrogens with two attached hydrogens (primary N) is 2. The summed E-state index contributed by atoms with van der Waals surface area (Å²) in [4.78, 5) is 65.7. The Morgan fingerprint density at radius 2 is 2.14 bits per heavy atom. The van der Waals surface area contributed by atoms with Crippen LogP contribution in [0.1, 0.15) is 30.7 Å². The first kappa shape index (κ1) is 30.8. The fourth-order valence-corrected chi connectivity index (χ4v) is 7.02. The van der Waals surface area contributed by atoms with E-state index >= 15 is 0 Å². The maximum atomic E-state index is 13.8. The number of aryl methyl sites for hydroxylation is 2. The number of carbonyl (C=O) groups excluding carboxylic acids is 3. The van der Waals surface area contributed by atoms with E-state index < -0.39 is 52.2 Å². The monoisotopic (exact) mass is 660 g/mol. The molecule has 20 heteroatoms. The second-order valence-corrected chi connectivity index (χ2v) is 11.8. The molecule has 0 bridgehead atoms. The predicted octanol–water partition coefficient (Wildman–Crippen LogP) is -2.00. The molecule has 1 fully saturated rings. The molecular formula is C24H24N10O7S3. The number of nitrogen functional groups attached to an aromatic ring is 2. The van der Waals surface area contributed by atoms with Crippen molar-refractivity contribution in [3.8, 4) is 0 Å². The summed E-state index contributed by atoms with van der Waals surface area (Å²) < 4.78 is 3.16. The first-order valence-electron chi connectivity index (χ1n) is 12.7. The number of thiocarbonyl (C=S) groups is 1. The normalized spacial score (nSPS) is 20.6. The first-order valence-corrected chi connectivity index (χ1v) is 15.1. The number of nitrogens with one attached hydrogen (secondary N) is 1. The van der Waals surface area contributed by atoms with Crippen molar-refractivity contribution in [1.29, 1.82) is 0 Å². The molecule has 230 valence electrons. The van der Waals surface area contributed by atoms with Crippen LogP contribution in [-0.4, -0.2) is 87.2 Å². The van der Waals surface area contributed by atoms with E-state index in [0.29, 0.717) is 11.5 Å². The standard InChI is InChI=1S/C24H24N10O7S3/c1-4-12(19(36)37)41-31-15(11-7-44-23(26)27-11)18(35)29-24(8-42)21(40)33-16(20(38)39)10(6-43-22(24)33)17-28-13(25)5-14-32(3)9(2)30-34(14)17/h5,7-8,12,22,25H,4,6H2,1-3H3,(H5,26,27,29,35,36,37,38,39)/b31-15-/t12-,22-,24?/m0/s1. The van der Waals surface area contributed by atoms with Crippen LogP contribution in [0.4, 0.5) is 10.9 Å². The molecule has 5 heterocycles. The molecule has 0 aromatic carbocycles. The van der Waals surface area contributed by atoms with Gasteiger partial charge in [-0.3, -0.25) is 14.5 Å². The van der Waals surface area contributed by atoms with E-state index in [1.165, 1.54) is 9.90 Å². The van der Waals surface area contributed by atoms with Crippen LogP contribution in [0.25, 0.3) is 11.2 Å². The highest BCUT2D eigenvalue weighted by Crippen LogP contribution is 2.47. The van der Waals surface area contributed by atoms with Crippen LogP contribution < -0.4 is 26.4 Å². The Balaban J connectivity index is 1.53. The molecule has 0 radical (unpaired) electrons. The molecule has 44 heavy (non-hydrogen) atoms. The van der Waals surface area contributed by atoms with Gasteiger partial charge < -0.3 is 36.6 Å². The molecule has 0 spiro atoms. The number of aromatic nitrogens is 5. The lowest BCUT2D eigenvalue weighted by molar-refractivity contribution is -0.584. The van der Waals surface area contributed by atoms with E-state index in [-0.39, 0.29) is 40.2 Å². The highest BCUT2D eigenvalue weighted by atomic mass is 32.2. The van der Waals surface area contributed by atoms with Crippen LogP contribution in [0.3, 0.4) is 0 Å². The molecule has 3 aromatic heterocycles. The lowest BCUT2D eigenvalue weighted by Crippen LogP contribution is -2.81. The van der Waals surface area contributed by atoms with Crippen LogP contribution in [0.5, 0.6) is 0 Å². The third kappa shape index (κ3) is 4.89. The summed E-state index contributed by atoms with van der Waals surface area (Å²) in [7, 11) is 1.75.